The Bertz CT molecular complexity index is 331. The molecule has 1 aliphatic carbocycles. The number of nitrogens with one attached hydrogen (secondary N) is 1. The minimum atomic E-state index is 0.632. The summed E-state index contributed by atoms with van der Waals surface area (Å²) >= 11 is 0. The molecule has 1 atom stereocenters. The molecule has 0 saturated heterocycles. The van der Waals surface area contributed by atoms with Gasteiger partial charge in [0.25, 0.3) is 0 Å². The molecule has 1 aliphatic rings. The molecule has 2 heteroatoms. The van der Waals surface area contributed by atoms with Gasteiger partial charge >= 0.3 is 0 Å². The van der Waals surface area contributed by atoms with E-state index in [0.717, 1.165) is 18.9 Å². The van der Waals surface area contributed by atoms with E-state index in [1.165, 1.54) is 30.5 Å². The molecule has 16 heavy (non-hydrogen) atoms. The summed E-state index contributed by atoms with van der Waals surface area (Å²) < 4.78 is 0. The first-order chi connectivity index (χ1) is 7.81. The zero-order valence-electron chi connectivity index (χ0n) is 10.4. The number of aryl methyl sites for hydroxylation is 1. The first kappa shape index (κ1) is 11.6. The van der Waals surface area contributed by atoms with E-state index in [-0.39, 0.29) is 0 Å². The molecule has 88 valence electrons. The molecule has 1 aromatic rings. The Balaban J connectivity index is 2.01. The highest BCUT2D eigenvalue weighted by molar-refractivity contribution is 5.19. The molecule has 0 aromatic carbocycles. The van der Waals surface area contributed by atoms with Crippen LogP contribution < -0.4 is 5.32 Å². The van der Waals surface area contributed by atoms with Crippen molar-refractivity contribution >= 4 is 0 Å². The predicted molar refractivity (Wildman–Crippen MR) is 67.5 cm³/mol. The summed E-state index contributed by atoms with van der Waals surface area (Å²) in [4.78, 5) is 4.50. The standard InChI is InChI=1S/C14H22N2/c1-3-15-14(12-7-4-8-12)10-13-11(2)6-5-9-16-13/h5-6,9,12,14-15H,3-4,7-8,10H2,1-2H3. The van der Waals surface area contributed by atoms with Crippen molar-refractivity contribution in [2.24, 2.45) is 5.92 Å². The van der Waals surface area contributed by atoms with Gasteiger partial charge in [-0.15, -0.1) is 0 Å². The molecule has 0 radical (unpaired) electrons. The number of hydrogen-bond donors (Lipinski definition) is 1. The maximum atomic E-state index is 4.50. The van der Waals surface area contributed by atoms with E-state index < -0.39 is 0 Å². The molecule has 1 fully saturated rings. The van der Waals surface area contributed by atoms with E-state index in [2.05, 4.69) is 30.2 Å². The topological polar surface area (TPSA) is 24.9 Å². The predicted octanol–water partition coefficient (Wildman–Crippen LogP) is 2.71. The van der Waals surface area contributed by atoms with Gasteiger partial charge < -0.3 is 5.32 Å². The molecular formula is C14H22N2. The van der Waals surface area contributed by atoms with Gasteiger partial charge in [0.15, 0.2) is 0 Å². The Morgan fingerprint density at radius 2 is 2.31 bits per heavy atom. The van der Waals surface area contributed by atoms with E-state index in [1.807, 2.05) is 12.3 Å². The van der Waals surface area contributed by atoms with Crippen LogP contribution in [0.15, 0.2) is 18.3 Å². The van der Waals surface area contributed by atoms with Gasteiger partial charge in [-0.05, 0) is 43.9 Å². The van der Waals surface area contributed by atoms with E-state index in [0.29, 0.717) is 6.04 Å². The molecule has 1 N–H and O–H groups in total. The molecule has 0 aliphatic heterocycles. The van der Waals surface area contributed by atoms with Gasteiger partial charge in [-0.2, -0.15) is 0 Å². The number of pyridine rings is 1. The number of aromatic nitrogens is 1. The van der Waals surface area contributed by atoms with Gasteiger partial charge in [0.1, 0.15) is 0 Å². The average Bonchev–Trinajstić information content (AvgIpc) is 2.19. The first-order valence-corrected chi connectivity index (χ1v) is 6.45. The Morgan fingerprint density at radius 1 is 1.50 bits per heavy atom. The van der Waals surface area contributed by atoms with Crippen LogP contribution in [0.5, 0.6) is 0 Å². The van der Waals surface area contributed by atoms with Crippen molar-refractivity contribution in [3.05, 3.63) is 29.6 Å². The van der Waals surface area contributed by atoms with Crippen molar-refractivity contribution in [2.75, 3.05) is 6.54 Å². The first-order valence-electron chi connectivity index (χ1n) is 6.45. The van der Waals surface area contributed by atoms with E-state index >= 15 is 0 Å². The molecule has 0 bridgehead atoms. The van der Waals surface area contributed by atoms with Crippen molar-refractivity contribution in [3.8, 4) is 0 Å². The number of hydrogen-bond acceptors (Lipinski definition) is 2. The maximum absolute atomic E-state index is 4.50. The van der Waals surface area contributed by atoms with Crippen molar-refractivity contribution < 1.29 is 0 Å². The van der Waals surface area contributed by atoms with Crippen molar-refractivity contribution in [1.82, 2.24) is 10.3 Å². The fraction of sp³-hybridized carbons (Fsp3) is 0.643. The molecular weight excluding hydrogens is 196 g/mol. The normalized spacial score (nSPS) is 18.1. The summed E-state index contributed by atoms with van der Waals surface area (Å²) in [6.07, 6.45) is 7.19. The number of rotatable bonds is 5. The highest BCUT2D eigenvalue weighted by atomic mass is 14.9. The molecule has 1 saturated carbocycles. The van der Waals surface area contributed by atoms with Crippen LogP contribution >= 0.6 is 0 Å². The van der Waals surface area contributed by atoms with Crippen LogP contribution in [0, 0.1) is 12.8 Å². The molecule has 1 heterocycles. The van der Waals surface area contributed by atoms with Gasteiger partial charge in [0.2, 0.25) is 0 Å². The molecule has 2 rings (SSSR count). The Morgan fingerprint density at radius 3 is 2.88 bits per heavy atom. The van der Waals surface area contributed by atoms with Crippen LogP contribution in [0.1, 0.15) is 37.4 Å². The van der Waals surface area contributed by atoms with Crippen molar-refractivity contribution in [3.63, 3.8) is 0 Å². The lowest BCUT2D eigenvalue weighted by molar-refractivity contribution is 0.228. The Labute approximate surface area is 98.5 Å². The van der Waals surface area contributed by atoms with Crippen LogP contribution in [0.3, 0.4) is 0 Å². The van der Waals surface area contributed by atoms with Gasteiger partial charge in [-0.25, -0.2) is 0 Å². The second kappa shape index (κ2) is 5.44. The van der Waals surface area contributed by atoms with Crippen LogP contribution in [-0.2, 0) is 6.42 Å². The second-order valence-electron chi connectivity index (χ2n) is 4.83. The highest BCUT2D eigenvalue weighted by Crippen LogP contribution is 2.31. The van der Waals surface area contributed by atoms with Crippen LogP contribution in [0.2, 0.25) is 0 Å². The summed E-state index contributed by atoms with van der Waals surface area (Å²) in [6, 6.07) is 4.81. The smallest absolute Gasteiger partial charge is 0.0448 e. The van der Waals surface area contributed by atoms with Gasteiger partial charge in [0.05, 0.1) is 0 Å². The van der Waals surface area contributed by atoms with E-state index in [9.17, 15) is 0 Å². The largest absolute Gasteiger partial charge is 0.314 e. The lowest BCUT2D eigenvalue weighted by atomic mass is 9.78. The zero-order valence-corrected chi connectivity index (χ0v) is 10.4. The minimum absolute atomic E-state index is 0.632. The molecule has 2 nitrogen and oxygen atoms in total. The Kier molecular flexibility index (Phi) is 3.94. The van der Waals surface area contributed by atoms with Gasteiger partial charge in [-0.3, -0.25) is 4.98 Å². The zero-order chi connectivity index (χ0) is 11.4. The molecule has 1 unspecified atom stereocenters. The fourth-order valence-corrected chi connectivity index (χ4v) is 2.45. The summed E-state index contributed by atoms with van der Waals surface area (Å²) in [7, 11) is 0. The maximum Gasteiger partial charge on any atom is 0.0448 e. The van der Waals surface area contributed by atoms with Gasteiger partial charge in [0, 0.05) is 24.4 Å². The summed E-state index contributed by atoms with van der Waals surface area (Å²) in [5.74, 6) is 0.876. The molecule has 0 amide bonds. The summed E-state index contributed by atoms with van der Waals surface area (Å²) in [5.41, 5.74) is 2.59. The summed E-state index contributed by atoms with van der Waals surface area (Å²) in [5, 5.41) is 3.62. The SMILES string of the molecule is CCNC(Cc1ncccc1C)C1CCC1. The summed E-state index contributed by atoms with van der Waals surface area (Å²) in [6.45, 7) is 5.41. The van der Waals surface area contributed by atoms with Crippen molar-refractivity contribution in [2.45, 2.75) is 45.6 Å². The molecule has 0 spiro atoms. The fourth-order valence-electron chi connectivity index (χ4n) is 2.45. The highest BCUT2D eigenvalue weighted by Gasteiger charge is 2.27. The quantitative estimate of drug-likeness (QED) is 0.822. The van der Waals surface area contributed by atoms with E-state index in [4.69, 9.17) is 0 Å². The van der Waals surface area contributed by atoms with Crippen LogP contribution in [0.25, 0.3) is 0 Å². The Hall–Kier alpha value is -0.890. The number of nitrogens with zero attached hydrogens (tertiary/aromatic N) is 1. The van der Waals surface area contributed by atoms with Crippen molar-refractivity contribution in [1.29, 1.82) is 0 Å². The lowest BCUT2D eigenvalue weighted by Crippen LogP contribution is -2.41. The average molecular weight is 218 g/mol. The minimum Gasteiger partial charge on any atom is -0.314 e. The lowest BCUT2D eigenvalue weighted by Gasteiger charge is -2.34. The van der Waals surface area contributed by atoms with Crippen LogP contribution in [0.4, 0.5) is 0 Å². The monoisotopic (exact) mass is 218 g/mol. The third-order valence-corrected chi connectivity index (χ3v) is 3.72. The van der Waals surface area contributed by atoms with E-state index in [1.54, 1.807) is 0 Å². The molecule has 1 aromatic heterocycles. The third kappa shape index (κ3) is 2.62. The second-order valence-corrected chi connectivity index (χ2v) is 4.83. The third-order valence-electron chi connectivity index (χ3n) is 3.72. The van der Waals surface area contributed by atoms with Crippen LogP contribution in [-0.4, -0.2) is 17.6 Å². The number of likely N-dealkylation sites (N-methyl/N-ethyl adjacent to an activating group) is 1. The van der Waals surface area contributed by atoms with Gasteiger partial charge in [-0.1, -0.05) is 19.4 Å².